The van der Waals surface area contributed by atoms with Gasteiger partial charge in [0.1, 0.15) is 0 Å². The van der Waals surface area contributed by atoms with Crippen molar-refractivity contribution < 1.29 is 29.4 Å². The van der Waals surface area contributed by atoms with E-state index >= 15 is 0 Å². The fourth-order valence-corrected chi connectivity index (χ4v) is 5.09. The highest BCUT2D eigenvalue weighted by Gasteiger charge is 2.32. The summed E-state index contributed by atoms with van der Waals surface area (Å²) in [5.41, 5.74) is 6.30. The van der Waals surface area contributed by atoms with Crippen molar-refractivity contribution in [3.8, 4) is 0 Å². The molecule has 1 heterocycles. The molecule has 9 heteroatoms. The number of amides is 2. The molecule has 1 aliphatic heterocycles. The first-order valence-corrected chi connectivity index (χ1v) is 14.5. The number of rotatable bonds is 14. The number of unbranched alkanes of at least 4 members (excludes halogenated alkanes) is 2. The quantitative estimate of drug-likeness (QED) is 0.118. The molecule has 3 atom stereocenters. The second-order valence-corrected chi connectivity index (χ2v) is 10.8. The molecule has 3 aromatic carbocycles. The van der Waals surface area contributed by atoms with Crippen LogP contribution in [0.15, 0.2) is 78.9 Å². The summed E-state index contributed by atoms with van der Waals surface area (Å²) in [4.78, 5) is 25.7. The molecule has 9 nitrogen and oxygen atoms in total. The third kappa shape index (κ3) is 9.75. The molecule has 0 spiro atoms. The summed E-state index contributed by atoms with van der Waals surface area (Å²) in [6, 6.07) is 25.7. The van der Waals surface area contributed by atoms with Gasteiger partial charge in [0.25, 0.3) is 0 Å². The molecule has 1 fully saturated rings. The van der Waals surface area contributed by atoms with E-state index in [1.807, 2.05) is 66.7 Å². The highest BCUT2D eigenvalue weighted by atomic mass is 16.7. The molecule has 3 aromatic rings. The molecule has 0 saturated carbocycles. The third-order valence-electron chi connectivity index (χ3n) is 7.32. The van der Waals surface area contributed by atoms with Gasteiger partial charge in [0.2, 0.25) is 11.8 Å². The Labute approximate surface area is 247 Å². The fourth-order valence-electron chi connectivity index (χ4n) is 5.09. The number of ether oxygens (including phenoxy) is 2. The van der Waals surface area contributed by atoms with Crippen LogP contribution in [0.3, 0.4) is 0 Å². The summed E-state index contributed by atoms with van der Waals surface area (Å²) in [5.74, 6) is -0.505. The van der Waals surface area contributed by atoms with Crippen molar-refractivity contribution in [2.24, 2.45) is 0 Å². The Balaban J connectivity index is 1.37. The predicted molar refractivity (Wildman–Crippen MR) is 159 cm³/mol. The maximum absolute atomic E-state index is 12.4. The van der Waals surface area contributed by atoms with Crippen LogP contribution in [0.2, 0.25) is 0 Å². The van der Waals surface area contributed by atoms with E-state index in [0.717, 1.165) is 36.2 Å². The number of hydrogen-bond donors (Lipinski definition) is 4. The van der Waals surface area contributed by atoms with Gasteiger partial charge in [-0.05, 0) is 48.7 Å². The van der Waals surface area contributed by atoms with Gasteiger partial charge >= 0.3 is 0 Å². The zero-order valence-corrected chi connectivity index (χ0v) is 24.1. The molecule has 1 saturated heterocycles. The topological polar surface area (TPSA) is 120 Å². The lowest BCUT2D eigenvalue weighted by atomic mass is 9.99. The zero-order valence-electron chi connectivity index (χ0n) is 24.1. The molecular weight excluding hydrogens is 534 g/mol. The molecule has 4 N–H and O–H groups in total. The number of nitrogens with zero attached hydrogens (tertiary/aromatic N) is 1. The number of aliphatic hydroxyl groups is 1. The monoisotopic (exact) mass is 575 g/mol. The number of carbonyl (C=O) groups excluding carboxylic acids is 2. The van der Waals surface area contributed by atoms with Crippen LogP contribution in [0.5, 0.6) is 0 Å². The second-order valence-electron chi connectivity index (χ2n) is 10.8. The number of hydrogen-bond acceptors (Lipinski definition) is 7. The third-order valence-corrected chi connectivity index (χ3v) is 7.32. The lowest BCUT2D eigenvalue weighted by molar-refractivity contribution is -0.252. The number of aliphatic hydroxyl groups excluding tert-OH is 1. The van der Waals surface area contributed by atoms with Crippen LogP contribution in [0.25, 0.3) is 0 Å². The summed E-state index contributed by atoms with van der Waals surface area (Å²) in [6.07, 6.45) is 2.48. The summed E-state index contributed by atoms with van der Waals surface area (Å²) >= 11 is 0. The Morgan fingerprint density at radius 1 is 0.833 bits per heavy atom. The van der Waals surface area contributed by atoms with Crippen molar-refractivity contribution in [1.29, 1.82) is 0 Å². The van der Waals surface area contributed by atoms with Crippen molar-refractivity contribution in [3.05, 3.63) is 101 Å². The van der Waals surface area contributed by atoms with Gasteiger partial charge in [-0.2, -0.15) is 0 Å². The lowest BCUT2D eigenvalue weighted by Crippen LogP contribution is -2.37. The maximum Gasteiger partial charge on any atom is 0.243 e. The van der Waals surface area contributed by atoms with E-state index in [1.54, 1.807) is 5.48 Å². The molecule has 0 radical (unpaired) electrons. The van der Waals surface area contributed by atoms with Gasteiger partial charge in [0.15, 0.2) is 6.29 Å². The summed E-state index contributed by atoms with van der Waals surface area (Å²) in [5, 5.41) is 20.9. The molecule has 2 amide bonds. The first kappa shape index (κ1) is 31.3. The van der Waals surface area contributed by atoms with Gasteiger partial charge in [-0.3, -0.25) is 19.7 Å². The van der Waals surface area contributed by atoms with E-state index in [2.05, 4.69) is 29.4 Å². The predicted octanol–water partition coefficient (Wildman–Crippen LogP) is 5.25. The second kappa shape index (κ2) is 16.1. The Kier molecular flexibility index (Phi) is 12.0. The Morgan fingerprint density at radius 2 is 1.50 bits per heavy atom. The van der Waals surface area contributed by atoms with Gasteiger partial charge in [-0.25, -0.2) is 5.48 Å². The van der Waals surface area contributed by atoms with E-state index in [9.17, 15) is 14.7 Å². The Bertz CT molecular complexity index is 1250. The summed E-state index contributed by atoms with van der Waals surface area (Å²) in [7, 11) is 2.09. The van der Waals surface area contributed by atoms with Crippen molar-refractivity contribution in [1.82, 2.24) is 10.4 Å². The van der Waals surface area contributed by atoms with E-state index < -0.39 is 12.2 Å². The normalized spacial score (nSPS) is 18.5. The van der Waals surface area contributed by atoms with Crippen LogP contribution in [0, 0.1) is 0 Å². The zero-order chi connectivity index (χ0) is 29.7. The molecule has 224 valence electrons. The maximum atomic E-state index is 12.4. The largest absolute Gasteiger partial charge is 0.392 e. The van der Waals surface area contributed by atoms with Crippen LogP contribution < -0.4 is 10.8 Å². The molecule has 0 bridgehead atoms. The molecule has 0 aliphatic carbocycles. The molecular formula is C33H41N3O6. The number of benzene rings is 3. The fraction of sp³-hybridized carbons (Fsp3) is 0.394. The van der Waals surface area contributed by atoms with E-state index in [1.165, 1.54) is 5.56 Å². The molecule has 4 rings (SSSR count). The SMILES string of the molecule is CN(Cc1ccccc1)CC1CC(c2ccc(CO)cc2)OC(c2ccc(NC(=O)CCCCCC(=O)NO)cc2)O1. The number of anilines is 1. The number of nitrogens with one attached hydrogen (secondary N) is 2. The average Bonchev–Trinajstić information content (AvgIpc) is 3.01. The van der Waals surface area contributed by atoms with Gasteiger partial charge in [0, 0.05) is 43.6 Å². The minimum Gasteiger partial charge on any atom is -0.392 e. The highest BCUT2D eigenvalue weighted by molar-refractivity contribution is 5.90. The molecule has 3 unspecified atom stereocenters. The highest BCUT2D eigenvalue weighted by Crippen LogP contribution is 2.38. The van der Waals surface area contributed by atoms with Gasteiger partial charge in [-0.15, -0.1) is 0 Å². The minimum atomic E-state index is -0.572. The smallest absolute Gasteiger partial charge is 0.243 e. The van der Waals surface area contributed by atoms with E-state index in [-0.39, 0.29) is 31.1 Å². The molecule has 0 aromatic heterocycles. The van der Waals surface area contributed by atoms with Crippen LogP contribution in [-0.2, 0) is 32.2 Å². The first-order chi connectivity index (χ1) is 20.4. The van der Waals surface area contributed by atoms with Crippen LogP contribution in [-0.4, -0.2) is 46.7 Å². The van der Waals surface area contributed by atoms with Crippen LogP contribution in [0.4, 0.5) is 5.69 Å². The molecule has 1 aliphatic rings. The van der Waals surface area contributed by atoms with Crippen molar-refractivity contribution in [2.75, 3.05) is 18.9 Å². The van der Waals surface area contributed by atoms with Crippen LogP contribution in [0.1, 0.15) is 73.2 Å². The van der Waals surface area contributed by atoms with Crippen LogP contribution >= 0.6 is 0 Å². The van der Waals surface area contributed by atoms with Crippen molar-refractivity contribution >= 4 is 17.5 Å². The van der Waals surface area contributed by atoms with Gasteiger partial charge in [-0.1, -0.05) is 73.2 Å². The van der Waals surface area contributed by atoms with Gasteiger partial charge in [0.05, 0.1) is 18.8 Å². The van der Waals surface area contributed by atoms with Gasteiger partial charge < -0.3 is 19.9 Å². The Hall–Kier alpha value is -3.60. The minimum absolute atomic E-state index is 0.00329. The number of carbonyl (C=O) groups is 2. The average molecular weight is 576 g/mol. The van der Waals surface area contributed by atoms with Crippen molar-refractivity contribution in [2.45, 2.75) is 70.2 Å². The number of hydroxylamine groups is 1. The van der Waals surface area contributed by atoms with E-state index in [0.29, 0.717) is 31.4 Å². The van der Waals surface area contributed by atoms with E-state index in [4.69, 9.17) is 14.7 Å². The molecule has 42 heavy (non-hydrogen) atoms. The summed E-state index contributed by atoms with van der Waals surface area (Å²) < 4.78 is 12.9. The Morgan fingerprint density at radius 3 is 2.17 bits per heavy atom. The lowest BCUT2D eigenvalue weighted by Gasteiger charge is -2.38. The number of likely N-dealkylation sites (N-methyl/N-ethyl adjacent to an activating group) is 1. The summed E-state index contributed by atoms with van der Waals surface area (Å²) in [6.45, 7) is 1.55. The van der Waals surface area contributed by atoms with Crippen molar-refractivity contribution in [3.63, 3.8) is 0 Å². The first-order valence-electron chi connectivity index (χ1n) is 14.5. The standard InChI is InChI=1S/C33H41N3O6/c1-36(21-24-8-4-2-5-9-24)22-29-20-30(26-14-12-25(23-37)13-15-26)42-33(41-29)27-16-18-28(19-17-27)34-31(38)10-6-3-7-11-32(39)35-40/h2,4-5,8-9,12-19,29-30,33,37,40H,3,6-7,10-11,20-23H2,1H3,(H,34,38)(H,35,39).